The minimum atomic E-state index is -3.97. The Balaban J connectivity index is 1.38. The van der Waals surface area contributed by atoms with Gasteiger partial charge in [0.1, 0.15) is 16.3 Å². The number of rotatable bonds is 7. The first kappa shape index (κ1) is 24.5. The standard InChI is InChI=1S/C22H23N7O4S3/c1-15-19(36(32,33)29-9-7-27(8-10-29)22-23-5-3-6-24-22)18-20(35-15)26-14-28(21(18)31)13-17(30)25-12-16-4-2-11-34-16/h2-6,11,14H,7-10,12-13H2,1H3,(H,25,30). The third kappa shape index (κ3) is 4.76. The molecule has 1 saturated heterocycles. The normalized spacial score (nSPS) is 14.9. The fourth-order valence-corrected chi connectivity index (χ4v) is 7.79. The molecule has 1 N–H and O–H groups in total. The highest BCUT2D eigenvalue weighted by atomic mass is 32.2. The summed E-state index contributed by atoms with van der Waals surface area (Å²) in [5, 5.41) is 4.72. The molecule has 14 heteroatoms. The maximum atomic E-state index is 13.7. The molecule has 0 bridgehead atoms. The van der Waals surface area contributed by atoms with Gasteiger partial charge in [-0.2, -0.15) is 4.31 Å². The van der Waals surface area contributed by atoms with Crippen LogP contribution in [0.2, 0.25) is 0 Å². The summed E-state index contributed by atoms with van der Waals surface area (Å²) in [5.41, 5.74) is -0.550. The molecule has 0 unspecified atom stereocenters. The number of thiophene rings is 2. The first-order valence-corrected chi connectivity index (χ1v) is 14.3. The van der Waals surface area contributed by atoms with E-state index in [0.717, 1.165) is 20.8 Å². The Kier molecular flexibility index (Phi) is 6.83. The summed E-state index contributed by atoms with van der Waals surface area (Å²) in [6, 6.07) is 5.52. The van der Waals surface area contributed by atoms with Crippen LogP contribution in [-0.4, -0.2) is 64.3 Å². The number of aryl methyl sites for hydroxylation is 1. The molecule has 36 heavy (non-hydrogen) atoms. The van der Waals surface area contributed by atoms with Crippen LogP contribution in [-0.2, 0) is 27.9 Å². The number of hydrogen-bond acceptors (Lipinski definition) is 10. The van der Waals surface area contributed by atoms with Crippen LogP contribution in [0.4, 0.5) is 5.95 Å². The number of nitrogens with zero attached hydrogens (tertiary/aromatic N) is 6. The topological polar surface area (TPSA) is 130 Å². The average molecular weight is 546 g/mol. The molecule has 4 aromatic rings. The number of nitrogens with one attached hydrogen (secondary N) is 1. The molecule has 4 aromatic heterocycles. The lowest BCUT2D eigenvalue weighted by Gasteiger charge is -2.33. The lowest BCUT2D eigenvalue weighted by atomic mass is 10.3. The van der Waals surface area contributed by atoms with Crippen LogP contribution in [0.25, 0.3) is 10.2 Å². The lowest BCUT2D eigenvalue weighted by molar-refractivity contribution is -0.121. The molecular formula is C22H23N7O4S3. The fraction of sp³-hybridized carbons (Fsp3) is 0.318. The highest BCUT2D eigenvalue weighted by Gasteiger charge is 2.34. The summed E-state index contributed by atoms with van der Waals surface area (Å²) < 4.78 is 29.9. The summed E-state index contributed by atoms with van der Waals surface area (Å²) in [5.74, 6) is 0.193. The van der Waals surface area contributed by atoms with Crippen molar-refractivity contribution >= 4 is 54.8 Å². The maximum Gasteiger partial charge on any atom is 0.263 e. The van der Waals surface area contributed by atoms with Gasteiger partial charge in [0.25, 0.3) is 5.56 Å². The minimum Gasteiger partial charge on any atom is -0.350 e. The molecule has 0 atom stereocenters. The Bertz CT molecular complexity index is 1540. The Morgan fingerprint density at radius 2 is 1.86 bits per heavy atom. The van der Waals surface area contributed by atoms with Crippen LogP contribution >= 0.6 is 22.7 Å². The number of sulfonamides is 1. The monoisotopic (exact) mass is 545 g/mol. The molecule has 5 rings (SSSR count). The van der Waals surface area contributed by atoms with Crippen molar-refractivity contribution in [1.82, 2.24) is 29.1 Å². The van der Waals surface area contributed by atoms with Crippen molar-refractivity contribution in [2.75, 3.05) is 31.1 Å². The lowest BCUT2D eigenvalue weighted by Crippen LogP contribution is -2.49. The van der Waals surface area contributed by atoms with Gasteiger partial charge in [0.15, 0.2) is 0 Å². The van der Waals surface area contributed by atoms with Crippen LogP contribution < -0.4 is 15.8 Å². The molecule has 0 aliphatic carbocycles. The van der Waals surface area contributed by atoms with Gasteiger partial charge in [-0.15, -0.1) is 22.7 Å². The smallest absolute Gasteiger partial charge is 0.263 e. The summed E-state index contributed by atoms with van der Waals surface area (Å²) in [6.07, 6.45) is 4.58. The number of anilines is 1. The third-order valence-electron chi connectivity index (χ3n) is 5.82. The van der Waals surface area contributed by atoms with Gasteiger partial charge in [-0.1, -0.05) is 6.07 Å². The third-order valence-corrected chi connectivity index (χ3v) is 9.91. The van der Waals surface area contributed by atoms with Gasteiger partial charge < -0.3 is 10.2 Å². The van der Waals surface area contributed by atoms with Crippen LogP contribution in [0.3, 0.4) is 0 Å². The number of carbonyl (C=O) groups excluding carboxylic acids is 1. The van der Waals surface area contributed by atoms with Gasteiger partial charge in [-0.05, 0) is 24.4 Å². The second-order valence-corrected chi connectivity index (χ2v) is 12.3. The molecular weight excluding hydrogens is 522 g/mol. The first-order chi connectivity index (χ1) is 17.3. The molecule has 1 aliphatic heterocycles. The molecule has 0 spiro atoms. The summed E-state index contributed by atoms with van der Waals surface area (Å²) in [4.78, 5) is 42.3. The van der Waals surface area contributed by atoms with Crippen molar-refractivity contribution in [3.63, 3.8) is 0 Å². The number of hydrogen-bond donors (Lipinski definition) is 1. The molecule has 1 aliphatic rings. The quantitative estimate of drug-likeness (QED) is 0.369. The Morgan fingerprint density at radius 3 is 2.56 bits per heavy atom. The number of piperazine rings is 1. The van der Waals surface area contributed by atoms with Crippen LogP contribution in [0.1, 0.15) is 9.75 Å². The van der Waals surface area contributed by atoms with Crippen molar-refractivity contribution in [3.05, 3.63) is 62.4 Å². The van der Waals surface area contributed by atoms with Crippen LogP contribution in [0.15, 0.2) is 52.0 Å². The summed E-state index contributed by atoms with van der Waals surface area (Å²) >= 11 is 2.68. The van der Waals surface area contributed by atoms with Crippen LogP contribution in [0.5, 0.6) is 0 Å². The van der Waals surface area contributed by atoms with Gasteiger partial charge in [0.2, 0.25) is 21.9 Å². The number of carbonyl (C=O) groups is 1. The Labute approximate surface area is 215 Å². The molecule has 5 heterocycles. The van der Waals surface area contributed by atoms with Crippen molar-refractivity contribution < 1.29 is 13.2 Å². The summed E-state index contributed by atoms with van der Waals surface area (Å²) in [6.45, 7) is 3.10. The zero-order valence-corrected chi connectivity index (χ0v) is 21.8. The fourth-order valence-electron chi connectivity index (χ4n) is 4.06. The highest BCUT2D eigenvalue weighted by molar-refractivity contribution is 7.89. The SMILES string of the molecule is Cc1sc2ncn(CC(=O)NCc3cccs3)c(=O)c2c1S(=O)(=O)N1CCN(c2ncccn2)CC1. The van der Waals surface area contributed by atoms with Gasteiger partial charge in [-0.3, -0.25) is 14.2 Å². The molecule has 11 nitrogen and oxygen atoms in total. The van der Waals surface area contributed by atoms with Crippen LogP contribution in [0, 0.1) is 6.92 Å². The largest absolute Gasteiger partial charge is 0.350 e. The van der Waals surface area contributed by atoms with E-state index in [-0.39, 0.29) is 35.8 Å². The number of amides is 1. The summed E-state index contributed by atoms with van der Waals surface area (Å²) in [7, 11) is -3.97. The van der Waals surface area contributed by atoms with E-state index in [2.05, 4.69) is 20.3 Å². The highest BCUT2D eigenvalue weighted by Crippen LogP contribution is 2.33. The van der Waals surface area contributed by atoms with Crippen molar-refractivity contribution in [2.45, 2.75) is 24.9 Å². The van der Waals surface area contributed by atoms with E-state index in [0.29, 0.717) is 35.3 Å². The number of aromatic nitrogens is 4. The van der Waals surface area contributed by atoms with E-state index in [1.54, 1.807) is 25.4 Å². The van der Waals surface area contributed by atoms with Gasteiger partial charge in [0.05, 0.1) is 18.3 Å². The van der Waals surface area contributed by atoms with Crippen molar-refractivity contribution in [1.29, 1.82) is 0 Å². The Morgan fingerprint density at radius 1 is 1.11 bits per heavy atom. The molecule has 0 aromatic carbocycles. The predicted molar refractivity (Wildman–Crippen MR) is 138 cm³/mol. The van der Waals surface area contributed by atoms with E-state index in [1.807, 2.05) is 22.4 Å². The van der Waals surface area contributed by atoms with E-state index in [9.17, 15) is 18.0 Å². The van der Waals surface area contributed by atoms with Crippen molar-refractivity contribution in [2.24, 2.45) is 0 Å². The Hall–Kier alpha value is -3.20. The molecule has 0 saturated carbocycles. The van der Waals surface area contributed by atoms with E-state index in [4.69, 9.17) is 0 Å². The zero-order chi connectivity index (χ0) is 25.3. The first-order valence-electron chi connectivity index (χ1n) is 11.1. The van der Waals surface area contributed by atoms with E-state index < -0.39 is 15.6 Å². The maximum absolute atomic E-state index is 13.7. The number of fused-ring (bicyclic) bond motifs is 1. The second-order valence-electron chi connectivity index (χ2n) is 8.14. The molecule has 188 valence electrons. The molecule has 1 fully saturated rings. The molecule has 1 amide bonds. The van der Waals surface area contributed by atoms with Gasteiger partial charge in [0, 0.05) is 48.3 Å². The molecule has 0 radical (unpaired) electrons. The van der Waals surface area contributed by atoms with E-state index in [1.165, 1.54) is 22.0 Å². The average Bonchev–Trinajstić information content (AvgIpc) is 3.53. The predicted octanol–water partition coefficient (Wildman–Crippen LogP) is 1.45. The zero-order valence-electron chi connectivity index (χ0n) is 19.3. The van der Waals surface area contributed by atoms with E-state index >= 15 is 0 Å². The van der Waals surface area contributed by atoms with Crippen molar-refractivity contribution in [3.8, 4) is 0 Å². The van der Waals surface area contributed by atoms with Gasteiger partial charge >= 0.3 is 0 Å². The minimum absolute atomic E-state index is 0.0277. The second kappa shape index (κ2) is 10.0. The van der Waals surface area contributed by atoms with Gasteiger partial charge in [-0.25, -0.2) is 23.4 Å².